The van der Waals surface area contributed by atoms with Crippen molar-refractivity contribution in [3.05, 3.63) is 29.8 Å². The molecule has 0 radical (unpaired) electrons. The zero-order valence-electron chi connectivity index (χ0n) is 9.95. The van der Waals surface area contributed by atoms with E-state index in [1.165, 1.54) is 6.92 Å². The van der Waals surface area contributed by atoms with Gasteiger partial charge in [-0.2, -0.15) is 0 Å². The molecule has 0 bridgehead atoms. The van der Waals surface area contributed by atoms with Gasteiger partial charge in [0.2, 0.25) is 12.7 Å². The molecule has 0 saturated carbocycles. The molecular formula is C13H15NO3. The third-order valence-corrected chi connectivity index (χ3v) is 2.40. The predicted octanol–water partition coefficient (Wildman–Crippen LogP) is 2.30. The molecule has 1 heterocycles. The van der Waals surface area contributed by atoms with E-state index in [0.29, 0.717) is 0 Å². The van der Waals surface area contributed by atoms with Crippen LogP contribution in [-0.4, -0.2) is 12.7 Å². The Hall–Kier alpha value is -1.97. The lowest BCUT2D eigenvalue weighted by atomic mass is 10.1. The van der Waals surface area contributed by atoms with Gasteiger partial charge < -0.3 is 14.8 Å². The van der Waals surface area contributed by atoms with Gasteiger partial charge in [0.15, 0.2) is 11.5 Å². The molecule has 0 aromatic heterocycles. The molecule has 0 fully saturated rings. The second-order valence-corrected chi connectivity index (χ2v) is 3.78. The summed E-state index contributed by atoms with van der Waals surface area (Å²) in [6.07, 6.45) is 2.82. The summed E-state index contributed by atoms with van der Waals surface area (Å²) in [7, 11) is 0. The summed E-state index contributed by atoms with van der Waals surface area (Å²) in [5, 5.41) is 2.81. The van der Waals surface area contributed by atoms with Crippen molar-refractivity contribution in [2.45, 2.75) is 20.3 Å². The minimum Gasteiger partial charge on any atom is -0.454 e. The van der Waals surface area contributed by atoms with Crippen molar-refractivity contribution in [3.63, 3.8) is 0 Å². The number of amides is 1. The Morgan fingerprint density at radius 1 is 1.41 bits per heavy atom. The normalized spacial score (nSPS) is 13.6. The third-order valence-electron chi connectivity index (χ3n) is 2.40. The van der Waals surface area contributed by atoms with Crippen LogP contribution in [0.2, 0.25) is 0 Å². The monoisotopic (exact) mass is 233 g/mol. The number of fused-ring (bicyclic) bond motifs is 1. The predicted molar refractivity (Wildman–Crippen MR) is 64.6 cm³/mol. The smallest absolute Gasteiger partial charge is 0.231 e. The van der Waals surface area contributed by atoms with E-state index in [9.17, 15) is 4.79 Å². The maximum atomic E-state index is 11.1. The van der Waals surface area contributed by atoms with Crippen LogP contribution in [0.4, 0.5) is 0 Å². The number of hydrogen-bond acceptors (Lipinski definition) is 3. The fourth-order valence-electron chi connectivity index (χ4n) is 1.70. The number of nitrogens with one attached hydrogen (secondary N) is 1. The molecule has 90 valence electrons. The van der Waals surface area contributed by atoms with Crippen molar-refractivity contribution in [1.29, 1.82) is 0 Å². The number of rotatable bonds is 3. The first-order valence-corrected chi connectivity index (χ1v) is 5.58. The van der Waals surface area contributed by atoms with Gasteiger partial charge in [-0.05, 0) is 24.6 Å². The first-order chi connectivity index (χ1) is 8.20. The molecule has 4 nitrogen and oxygen atoms in total. The maximum Gasteiger partial charge on any atom is 0.231 e. The number of allylic oxidation sites excluding steroid dienone is 1. The number of ether oxygens (including phenoxy) is 2. The van der Waals surface area contributed by atoms with Crippen molar-refractivity contribution in [1.82, 2.24) is 5.32 Å². The van der Waals surface area contributed by atoms with Crippen LogP contribution in [0.3, 0.4) is 0 Å². The quantitative estimate of drug-likeness (QED) is 0.871. The molecule has 0 atom stereocenters. The van der Waals surface area contributed by atoms with Gasteiger partial charge >= 0.3 is 0 Å². The Balaban J connectivity index is 2.30. The van der Waals surface area contributed by atoms with Crippen molar-refractivity contribution >= 4 is 11.6 Å². The van der Waals surface area contributed by atoms with Crippen LogP contribution in [0, 0.1) is 0 Å². The summed E-state index contributed by atoms with van der Waals surface area (Å²) in [5.74, 6) is 1.38. The highest BCUT2D eigenvalue weighted by atomic mass is 16.7. The van der Waals surface area contributed by atoms with Crippen LogP contribution in [0.25, 0.3) is 5.70 Å². The van der Waals surface area contributed by atoms with Crippen LogP contribution in [0.15, 0.2) is 24.3 Å². The SMILES string of the molecule is CC/C=C(\NC(C)=O)c1ccc2c(c1)OCO2. The zero-order valence-corrected chi connectivity index (χ0v) is 9.95. The molecule has 1 N–H and O–H groups in total. The van der Waals surface area contributed by atoms with E-state index in [0.717, 1.165) is 29.2 Å². The van der Waals surface area contributed by atoms with Gasteiger partial charge in [-0.3, -0.25) is 4.79 Å². The average Bonchev–Trinajstić information content (AvgIpc) is 2.74. The van der Waals surface area contributed by atoms with E-state index in [1.54, 1.807) is 0 Å². The molecule has 0 aliphatic carbocycles. The van der Waals surface area contributed by atoms with E-state index in [1.807, 2.05) is 31.2 Å². The highest BCUT2D eigenvalue weighted by Crippen LogP contribution is 2.34. The molecular weight excluding hydrogens is 218 g/mol. The van der Waals surface area contributed by atoms with E-state index in [4.69, 9.17) is 9.47 Å². The van der Waals surface area contributed by atoms with E-state index in [2.05, 4.69) is 5.32 Å². The molecule has 0 unspecified atom stereocenters. The number of hydrogen-bond donors (Lipinski definition) is 1. The van der Waals surface area contributed by atoms with Gasteiger partial charge in [0.1, 0.15) is 0 Å². The molecule has 1 amide bonds. The van der Waals surface area contributed by atoms with Crippen LogP contribution < -0.4 is 14.8 Å². The lowest BCUT2D eigenvalue weighted by molar-refractivity contribution is -0.117. The minimum absolute atomic E-state index is 0.0811. The van der Waals surface area contributed by atoms with Crippen LogP contribution >= 0.6 is 0 Å². The van der Waals surface area contributed by atoms with Gasteiger partial charge in [-0.15, -0.1) is 0 Å². The molecule has 0 spiro atoms. The van der Waals surface area contributed by atoms with Crippen molar-refractivity contribution < 1.29 is 14.3 Å². The third kappa shape index (κ3) is 2.58. The highest BCUT2D eigenvalue weighted by Gasteiger charge is 2.14. The minimum atomic E-state index is -0.0811. The van der Waals surface area contributed by atoms with Crippen molar-refractivity contribution in [3.8, 4) is 11.5 Å². The van der Waals surface area contributed by atoms with E-state index < -0.39 is 0 Å². The second kappa shape index (κ2) is 4.91. The fourth-order valence-corrected chi connectivity index (χ4v) is 1.70. The summed E-state index contributed by atoms with van der Waals surface area (Å²) in [6.45, 7) is 3.77. The van der Waals surface area contributed by atoms with Crippen LogP contribution in [0.5, 0.6) is 11.5 Å². The summed E-state index contributed by atoms with van der Waals surface area (Å²) in [6, 6.07) is 5.63. The topological polar surface area (TPSA) is 47.6 Å². The van der Waals surface area contributed by atoms with E-state index >= 15 is 0 Å². The molecule has 1 aliphatic heterocycles. The number of benzene rings is 1. The summed E-state index contributed by atoms with van der Waals surface area (Å²) < 4.78 is 10.6. The van der Waals surface area contributed by atoms with Gasteiger partial charge in [0, 0.05) is 18.2 Å². The van der Waals surface area contributed by atoms with Crippen LogP contribution in [-0.2, 0) is 4.79 Å². The summed E-state index contributed by atoms with van der Waals surface area (Å²) >= 11 is 0. The molecule has 1 aromatic rings. The first-order valence-electron chi connectivity index (χ1n) is 5.58. The van der Waals surface area contributed by atoms with Crippen molar-refractivity contribution in [2.75, 3.05) is 6.79 Å². The number of carbonyl (C=O) groups excluding carboxylic acids is 1. The highest BCUT2D eigenvalue weighted by molar-refractivity contribution is 5.85. The van der Waals surface area contributed by atoms with Gasteiger partial charge in [-0.1, -0.05) is 13.0 Å². The summed E-state index contributed by atoms with van der Waals surface area (Å²) in [4.78, 5) is 11.1. The Bertz CT molecular complexity index is 466. The summed E-state index contributed by atoms with van der Waals surface area (Å²) in [5.41, 5.74) is 1.73. The van der Waals surface area contributed by atoms with E-state index in [-0.39, 0.29) is 12.7 Å². The Morgan fingerprint density at radius 2 is 2.18 bits per heavy atom. The molecule has 1 aliphatic rings. The van der Waals surface area contributed by atoms with Crippen molar-refractivity contribution in [2.24, 2.45) is 0 Å². The molecule has 17 heavy (non-hydrogen) atoms. The zero-order chi connectivity index (χ0) is 12.3. The second-order valence-electron chi connectivity index (χ2n) is 3.78. The maximum absolute atomic E-state index is 11.1. The molecule has 2 rings (SSSR count). The average molecular weight is 233 g/mol. The molecule has 4 heteroatoms. The first kappa shape index (κ1) is 11.5. The van der Waals surface area contributed by atoms with Gasteiger partial charge in [-0.25, -0.2) is 0 Å². The van der Waals surface area contributed by atoms with Crippen LogP contribution in [0.1, 0.15) is 25.8 Å². The molecule has 0 saturated heterocycles. The Kier molecular flexibility index (Phi) is 3.32. The lowest BCUT2D eigenvalue weighted by Gasteiger charge is -2.09. The van der Waals surface area contributed by atoms with Gasteiger partial charge in [0.05, 0.1) is 0 Å². The largest absolute Gasteiger partial charge is 0.454 e. The van der Waals surface area contributed by atoms with Gasteiger partial charge in [0.25, 0.3) is 0 Å². The Labute approximate surface area is 100 Å². The standard InChI is InChI=1S/C13H15NO3/c1-3-4-11(14-9(2)15)10-5-6-12-13(7-10)17-8-16-12/h4-7H,3,8H2,1-2H3,(H,14,15)/b11-4-. The molecule has 1 aromatic carbocycles. The lowest BCUT2D eigenvalue weighted by Crippen LogP contribution is -2.18. The number of carbonyl (C=O) groups is 1. The fraction of sp³-hybridized carbons (Fsp3) is 0.308. The Morgan fingerprint density at radius 3 is 2.88 bits per heavy atom.